The van der Waals surface area contributed by atoms with Crippen LogP contribution in [0.4, 0.5) is 5.69 Å². The molecule has 198 valence electrons. The van der Waals surface area contributed by atoms with E-state index in [1.54, 1.807) is 25.0 Å². The molecule has 1 saturated heterocycles. The summed E-state index contributed by atoms with van der Waals surface area (Å²) < 4.78 is 23.4. The smallest absolute Gasteiger partial charge is 0.253 e. The van der Waals surface area contributed by atoms with Crippen molar-refractivity contribution in [2.75, 3.05) is 58.7 Å². The van der Waals surface area contributed by atoms with Gasteiger partial charge in [0.25, 0.3) is 5.56 Å². The van der Waals surface area contributed by atoms with Crippen molar-refractivity contribution >= 4 is 16.6 Å². The quantitative estimate of drug-likeness (QED) is 0.369. The Bertz CT molecular complexity index is 1500. The van der Waals surface area contributed by atoms with Crippen molar-refractivity contribution < 1.29 is 18.9 Å². The van der Waals surface area contributed by atoms with E-state index in [4.69, 9.17) is 18.9 Å². The van der Waals surface area contributed by atoms with Gasteiger partial charge in [-0.3, -0.25) is 9.69 Å². The molecule has 0 saturated carbocycles. The van der Waals surface area contributed by atoms with Gasteiger partial charge in [-0.1, -0.05) is 6.07 Å². The second-order valence-corrected chi connectivity index (χ2v) is 9.23. The predicted molar refractivity (Wildman–Crippen MR) is 139 cm³/mol. The highest BCUT2D eigenvalue weighted by atomic mass is 16.7. The van der Waals surface area contributed by atoms with Gasteiger partial charge in [0.2, 0.25) is 6.79 Å². The van der Waals surface area contributed by atoms with Gasteiger partial charge in [0.05, 0.1) is 25.8 Å². The zero-order valence-corrected chi connectivity index (χ0v) is 21.3. The molecule has 0 amide bonds. The number of rotatable bonds is 8. The van der Waals surface area contributed by atoms with Crippen LogP contribution in [0.25, 0.3) is 10.9 Å². The molecule has 0 aliphatic carbocycles. The Morgan fingerprint density at radius 3 is 2.66 bits per heavy atom. The van der Waals surface area contributed by atoms with Gasteiger partial charge in [-0.05, 0) is 34.7 Å². The maximum Gasteiger partial charge on any atom is 0.253 e. The number of tetrazole rings is 1. The van der Waals surface area contributed by atoms with Crippen LogP contribution in [-0.4, -0.2) is 83.9 Å². The molecule has 38 heavy (non-hydrogen) atoms. The summed E-state index contributed by atoms with van der Waals surface area (Å²) in [6.45, 7) is 4.04. The molecule has 1 fully saturated rings. The highest BCUT2D eigenvalue weighted by Gasteiger charge is 2.33. The van der Waals surface area contributed by atoms with E-state index in [0.29, 0.717) is 54.6 Å². The molecule has 6 rings (SSSR count). The van der Waals surface area contributed by atoms with Gasteiger partial charge in [0.15, 0.2) is 17.3 Å². The number of nitrogens with one attached hydrogen (secondary N) is 1. The number of nitrogens with zero attached hydrogens (tertiary/aromatic N) is 6. The molecular weight excluding hydrogens is 490 g/mol. The Labute approximate surface area is 218 Å². The van der Waals surface area contributed by atoms with Crippen molar-refractivity contribution in [2.24, 2.45) is 0 Å². The van der Waals surface area contributed by atoms with E-state index in [9.17, 15) is 4.79 Å². The van der Waals surface area contributed by atoms with Crippen molar-refractivity contribution in [3.63, 3.8) is 0 Å². The summed E-state index contributed by atoms with van der Waals surface area (Å²) in [6, 6.07) is 13.2. The van der Waals surface area contributed by atoms with Crippen LogP contribution in [0.1, 0.15) is 17.4 Å². The molecule has 0 bridgehead atoms. The van der Waals surface area contributed by atoms with Gasteiger partial charge in [-0.2, -0.15) is 0 Å². The first kappa shape index (κ1) is 24.2. The number of H-pyrrole nitrogens is 1. The molecule has 2 aliphatic rings. The Kier molecular flexibility index (Phi) is 6.56. The van der Waals surface area contributed by atoms with Gasteiger partial charge in [-0.25, -0.2) is 4.68 Å². The summed E-state index contributed by atoms with van der Waals surface area (Å²) in [4.78, 5) is 21.1. The highest BCUT2D eigenvalue weighted by molar-refractivity contribution is 5.83. The number of ether oxygens (including phenoxy) is 4. The van der Waals surface area contributed by atoms with E-state index in [1.807, 2.05) is 30.3 Å². The monoisotopic (exact) mass is 519 g/mol. The van der Waals surface area contributed by atoms with E-state index >= 15 is 0 Å². The lowest BCUT2D eigenvalue weighted by Gasteiger charge is -2.39. The normalized spacial score (nSPS) is 16.2. The maximum absolute atomic E-state index is 13.5. The number of benzene rings is 2. The van der Waals surface area contributed by atoms with Crippen molar-refractivity contribution in [1.29, 1.82) is 0 Å². The number of methoxy groups -OCH3 is 2. The van der Waals surface area contributed by atoms with Crippen LogP contribution in [0.5, 0.6) is 17.2 Å². The van der Waals surface area contributed by atoms with Crippen LogP contribution in [0, 0.1) is 0 Å². The van der Waals surface area contributed by atoms with Crippen LogP contribution in [-0.2, 0) is 11.3 Å². The van der Waals surface area contributed by atoms with Crippen molar-refractivity contribution in [3.05, 3.63) is 64.2 Å². The molecule has 1 N–H and O–H groups in total. The van der Waals surface area contributed by atoms with Gasteiger partial charge in [0, 0.05) is 62.1 Å². The van der Waals surface area contributed by atoms with Crippen LogP contribution < -0.4 is 24.7 Å². The highest BCUT2D eigenvalue weighted by Crippen LogP contribution is 2.36. The minimum atomic E-state index is -0.451. The number of piperazine rings is 1. The summed E-state index contributed by atoms with van der Waals surface area (Å²) >= 11 is 0. The maximum atomic E-state index is 13.5. The third kappa shape index (κ3) is 4.52. The standard InChI is InChI=1S/C26H29N7O5/c1-35-11-10-33-25(28-29-30-33)24(32-8-6-31(7-9-32)18-4-3-5-19(14-18)36-2)20-12-17-13-22-23(38-16-37-22)15-21(17)27-26(20)34/h3-5,12-15,24H,6-11,16H2,1-2H3,(H,27,34). The van der Waals surface area contributed by atoms with E-state index in [1.165, 1.54) is 0 Å². The molecule has 2 aromatic carbocycles. The Morgan fingerprint density at radius 1 is 1.05 bits per heavy atom. The fourth-order valence-electron chi connectivity index (χ4n) is 5.11. The number of hydrogen-bond donors (Lipinski definition) is 1. The van der Waals surface area contributed by atoms with Crippen LogP contribution in [0.3, 0.4) is 0 Å². The molecule has 12 heteroatoms. The first-order valence-electron chi connectivity index (χ1n) is 12.5. The van der Waals surface area contributed by atoms with Crippen LogP contribution >= 0.6 is 0 Å². The van der Waals surface area contributed by atoms with E-state index in [0.717, 1.165) is 29.9 Å². The molecule has 4 aromatic rings. The fourth-order valence-corrected chi connectivity index (χ4v) is 5.11. The third-order valence-electron chi connectivity index (χ3n) is 7.07. The van der Waals surface area contributed by atoms with Gasteiger partial charge >= 0.3 is 0 Å². The van der Waals surface area contributed by atoms with Crippen molar-refractivity contribution in [2.45, 2.75) is 12.6 Å². The Hall–Kier alpha value is -4.16. The molecule has 1 atom stereocenters. The largest absolute Gasteiger partial charge is 0.497 e. The lowest BCUT2D eigenvalue weighted by Crippen LogP contribution is -2.49. The number of hydrogen-bond acceptors (Lipinski definition) is 10. The zero-order valence-electron chi connectivity index (χ0n) is 21.3. The number of aromatic amines is 1. The lowest BCUT2D eigenvalue weighted by atomic mass is 10.0. The number of fused-ring (bicyclic) bond motifs is 2. The lowest BCUT2D eigenvalue weighted by molar-refractivity contribution is 0.171. The summed E-state index contributed by atoms with van der Waals surface area (Å²) in [6.07, 6.45) is 0. The minimum Gasteiger partial charge on any atom is -0.497 e. The molecule has 0 radical (unpaired) electrons. The zero-order chi connectivity index (χ0) is 26.1. The molecule has 4 heterocycles. The average molecular weight is 520 g/mol. The van der Waals surface area contributed by atoms with Crippen molar-refractivity contribution in [3.8, 4) is 17.2 Å². The summed E-state index contributed by atoms with van der Waals surface area (Å²) in [7, 11) is 3.31. The topological polar surface area (TPSA) is 120 Å². The summed E-state index contributed by atoms with van der Waals surface area (Å²) in [5.41, 5.74) is 2.16. The molecule has 12 nitrogen and oxygen atoms in total. The van der Waals surface area contributed by atoms with Gasteiger partial charge in [0.1, 0.15) is 11.8 Å². The summed E-state index contributed by atoms with van der Waals surface area (Å²) in [5.74, 6) is 2.70. The van der Waals surface area contributed by atoms with Crippen LogP contribution in [0.15, 0.2) is 47.3 Å². The van der Waals surface area contributed by atoms with Gasteiger partial charge < -0.3 is 28.8 Å². The van der Waals surface area contributed by atoms with Gasteiger partial charge in [-0.15, -0.1) is 5.10 Å². The Morgan fingerprint density at radius 2 is 1.87 bits per heavy atom. The second kappa shape index (κ2) is 10.3. The fraction of sp³-hybridized carbons (Fsp3) is 0.385. The number of pyridine rings is 1. The molecular formula is C26H29N7O5. The minimum absolute atomic E-state index is 0.164. The summed E-state index contributed by atoms with van der Waals surface area (Å²) in [5, 5.41) is 13.4. The molecule has 0 spiro atoms. The van der Waals surface area contributed by atoms with Crippen molar-refractivity contribution in [1.82, 2.24) is 30.1 Å². The Balaban J connectivity index is 1.36. The number of aromatic nitrogens is 5. The second-order valence-electron chi connectivity index (χ2n) is 9.23. The first-order valence-corrected chi connectivity index (χ1v) is 12.5. The number of anilines is 1. The third-order valence-corrected chi connectivity index (χ3v) is 7.07. The van der Waals surface area contributed by atoms with E-state index < -0.39 is 6.04 Å². The first-order chi connectivity index (χ1) is 18.6. The SMILES string of the molecule is COCCn1nnnc1C(c1cc2cc3c(cc2[nH]c1=O)OCO3)N1CCN(c2cccc(OC)c2)CC1. The molecule has 1 unspecified atom stereocenters. The van der Waals surface area contributed by atoms with E-state index in [-0.39, 0.29) is 12.4 Å². The van der Waals surface area contributed by atoms with Crippen LogP contribution in [0.2, 0.25) is 0 Å². The predicted octanol–water partition coefficient (Wildman–Crippen LogP) is 1.81. The van der Waals surface area contributed by atoms with E-state index in [2.05, 4.69) is 36.4 Å². The molecule has 2 aliphatic heterocycles. The molecule has 2 aromatic heterocycles. The average Bonchev–Trinajstić information content (AvgIpc) is 3.61.